The van der Waals surface area contributed by atoms with Gasteiger partial charge in [-0.25, -0.2) is 13.4 Å². The molecule has 0 amide bonds. The summed E-state index contributed by atoms with van der Waals surface area (Å²) >= 11 is 12.1. The molecular weight excluding hydrogens is 361 g/mol. The number of anilines is 1. The Hall–Kier alpha value is -1.42. The Morgan fingerprint density at radius 3 is 2.57 bits per heavy atom. The van der Waals surface area contributed by atoms with Crippen molar-refractivity contribution >= 4 is 55.9 Å². The molecule has 1 aromatic heterocycles. The first-order valence-electron chi connectivity index (χ1n) is 5.30. The van der Waals surface area contributed by atoms with Gasteiger partial charge < -0.3 is 0 Å². The van der Waals surface area contributed by atoms with Gasteiger partial charge in [-0.2, -0.15) is 0 Å². The van der Waals surface area contributed by atoms with Crippen LogP contribution in [0.1, 0.15) is 5.69 Å². The van der Waals surface area contributed by atoms with E-state index in [0.717, 1.165) is 17.4 Å². The molecule has 21 heavy (non-hydrogen) atoms. The minimum Gasteiger partial charge on any atom is -0.272 e. The van der Waals surface area contributed by atoms with Crippen LogP contribution in [0.5, 0.6) is 0 Å². The molecule has 0 atom stereocenters. The molecule has 0 aliphatic heterocycles. The van der Waals surface area contributed by atoms with E-state index >= 15 is 0 Å². The number of sulfonamides is 1. The number of hydrogen-bond donors (Lipinski definition) is 1. The fraction of sp³-hybridized carbons (Fsp3) is 0.100. The van der Waals surface area contributed by atoms with E-state index in [-0.39, 0.29) is 25.1 Å². The monoisotopic (exact) mass is 367 g/mol. The van der Waals surface area contributed by atoms with Crippen LogP contribution in [0.25, 0.3) is 0 Å². The van der Waals surface area contributed by atoms with Gasteiger partial charge >= 0.3 is 0 Å². The first kappa shape index (κ1) is 16.0. The lowest BCUT2D eigenvalue weighted by Crippen LogP contribution is -2.13. The molecule has 2 rings (SSSR count). The van der Waals surface area contributed by atoms with Crippen LogP contribution in [-0.2, 0) is 10.0 Å². The summed E-state index contributed by atoms with van der Waals surface area (Å²) in [7, 11) is -4.02. The molecule has 1 heterocycles. The van der Waals surface area contributed by atoms with Crippen LogP contribution in [0.3, 0.4) is 0 Å². The lowest BCUT2D eigenvalue weighted by molar-refractivity contribution is -0.383. The number of benzene rings is 1. The molecule has 1 N–H and O–H groups in total. The van der Waals surface area contributed by atoms with Crippen LogP contribution < -0.4 is 4.72 Å². The van der Waals surface area contributed by atoms with E-state index in [1.54, 1.807) is 0 Å². The molecular formula is C10H7Cl2N3O4S2. The highest BCUT2D eigenvalue weighted by molar-refractivity contribution is 7.94. The van der Waals surface area contributed by atoms with E-state index in [0.29, 0.717) is 0 Å². The minimum atomic E-state index is -4.02. The van der Waals surface area contributed by atoms with Gasteiger partial charge in [0.25, 0.3) is 15.7 Å². The highest BCUT2D eigenvalue weighted by Gasteiger charge is 2.25. The van der Waals surface area contributed by atoms with Gasteiger partial charge in [-0.3, -0.25) is 14.8 Å². The third-order valence-corrected chi connectivity index (χ3v) is 5.84. The van der Waals surface area contributed by atoms with E-state index in [9.17, 15) is 18.5 Å². The summed E-state index contributed by atoms with van der Waals surface area (Å²) in [6.45, 7) is 1.48. The first-order valence-corrected chi connectivity index (χ1v) is 8.36. The number of aromatic nitrogens is 1. The summed E-state index contributed by atoms with van der Waals surface area (Å²) in [5, 5.41) is 11.1. The van der Waals surface area contributed by atoms with Crippen molar-refractivity contribution in [3.63, 3.8) is 0 Å². The van der Waals surface area contributed by atoms with Crippen molar-refractivity contribution in [2.24, 2.45) is 0 Å². The SMILES string of the molecule is Cc1nc(Cl)sc1S(=O)(=O)Nc1ccc(Cl)cc1[N+](=O)[O-]. The Labute approximate surface area is 133 Å². The summed E-state index contributed by atoms with van der Waals surface area (Å²) < 4.78 is 26.6. The number of nitrogens with zero attached hydrogens (tertiary/aromatic N) is 2. The Morgan fingerprint density at radius 1 is 1.38 bits per heavy atom. The van der Waals surface area contributed by atoms with Crippen molar-refractivity contribution in [2.45, 2.75) is 11.1 Å². The highest BCUT2D eigenvalue weighted by atomic mass is 35.5. The largest absolute Gasteiger partial charge is 0.294 e. The maximum Gasteiger partial charge on any atom is 0.294 e. The van der Waals surface area contributed by atoms with E-state index in [2.05, 4.69) is 9.71 Å². The molecule has 0 aliphatic rings. The number of halogens is 2. The quantitative estimate of drug-likeness (QED) is 0.658. The summed E-state index contributed by atoms with van der Waals surface area (Å²) in [6.07, 6.45) is 0. The van der Waals surface area contributed by atoms with Crippen LogP contribution in [0.2, 0.25) is 9.49 Å². The molecule has 112 valence electrons. The fourth-order valence-corrected chi connectivity index (χ4v) is 4.51. The third-order valence-electron chi connectivity index (χ3n) is 2.37. The number of nitro groups is 1. The van der Waals surface area contributed by atoms with Crippen molar-refractivity contribution in [3.05, 3.63) is 43.5 Å². The van der Waals surface area contributed by atoms with Gasteiger partial charge in [-0.15, -0.1) is 0 Å². The zero-order valence-electron chi connectivity index (χ0n) is 10.3. The zero-order valence-corrected chi connectivity index (χ0v) is 13.5. The Bertz CT molecular complexity index is 820. The van der Waals surface area contributed by atoms with Crippen LogP contribution in [0, 0.1) is 17.0 Å². The summed E-state index contributed by atoms with van der Waals surface area (Å²) in [6, 6.07) is 3.63. The second-order valence-electron chi connectivity index (χ2n) is 3.86. The van der Waals surface area contributed by atoms with Crippen molar-refractivity contribution < 1.29 is 13.3 Å². The fourth-order valence-electron chi connectivity index (χ4n) is 1.53. The van der Waals surface area contributed by atoms with Crippen molar-refractivity contribution in [3.8, 4) is 0 Å². The van der Waals surface area contributed by atoms with E-state index < -0.39 is 20.6 Å². The third kappa shape index (κ3) is 3.43. The van der Waals surface area contributed by atoms with Crippen molar-refractivity contribution in [1.29, 1.82) is 0 Å². The molecule has 0 fully saturated rings. The minimum absolute atomic E-state index is 0.0680. The van der Waals surface area contributed by atoms with Crippen LogP contribution in [-0.4, -0.2) is 18.3 Å². The topological polar surface area (TPSA) is 102 Å². The lowest BCUT2D eigenvalue weighted by atomic mass is 10.3. The second kappa shape index (κ2) is 5.76. The van der Waals surface area contributed by atoms with Gasteiger partial charge in [0.15, 0.2) is 8.68 Å². The standard InChI is InChI=1S/C10H7Cl2N3O4S2/c1-5-9(20-10(12)13-5)21(18,19)14-7-3-2-6(11)4-8(7)15(16)17/h2-4,14H,1H3. The number of nitrogens with one attached hydrogen (secondary N) is 1. The predicted molar refractivity (Wildman–Crippen MR) is 80.8 cm³/mol. The Kier molecular flexibility index (Phi) is 4.38. The zero-order chi connectivity index (χ0) is 15.8. The molecule has 0 saturated carbocycles. The van der Waals surface area contributed by atoms with Gasteiger partial charge in [-0.05, 0) is 19.1 Å². The Morgan fingerprint density at radius 2 is 2.05 bits per heavy atom. The van der Waals surface area contributed by atoms with Crippen molar-refractivity contribution in [2.75, 3.05) is 4.72 Å². The maximum atomic E-state index is 12.2. The normalized spacial score (nSPS) is 11.4. The maximum absolute atomic E-state index is 12.2. The number of aryl methyl sites for hydroxylation is 1. The summed E-state index contributed by atoms with van der Waals surface area (Å²) in [5.74, 6) is 0. The number of thiazole rings is 1. The van der Waals surface area contributed by atoms with E-state index in [4.69, 9.17) is 23.2 Å². The Balaban J connectivity index is 2.47. The van der Waals surface area contributed by atoms with Crippen molar-refractivity contribution in [1.82, 2.24) is 4.98 Å². The van der Waals surface area contributed by atoms with Gasteiger partial charge in [0, 0.05) is 11.1 Å². The van der Waals surface area contributed by atoms with Gasteiger partial charge in [0.1, 0.15) is 5.69 Å². The van der Waals surface area contributed by atoms with Gasteiger partial charge in [-0.1, -0.05) is 34.5 Å². The number of rotatable bonds is 4. The highest BCUT2D eigenvalue weighted by Crippen LogP contribution is 2.32. The number of nitro benzene ring substituents is 1. The molecule has 0 saturated heterocycles. The van der Waals surface area contributed by atoms with Gasteiger partial charge in [0.2, 0.25) is 0 Å². The number of hydrogen-bond acceptors (Lipinski definition) is 6. The van der Waals surface area contributed by atoms with Crippen LogP contribution in [0.15, 0.2) is 22.4 Å². The van der Waals surface area contributed by atoms with E-state index in [1.807, 2.05) is 0 Å². The van der Waals surface area contributed by atoms with Gasteiger partial charge in [0.05, 0.1) is 10.6 Å². The molecule has 11 heteroatoms. The van der Waals surface area contributed by atoms with Crippen LogP contribution >= 0.6 is 34.5 Å². The smallest absolute Gasteiger partial charge is 0.272 e. The summed E-state index contributed by atoms with van der Waals surface area (Å²) in [4.78, 5) is 14.0. The van der Waals surface area contributed by atoms with Crippen LogP contribution in [0.4, 0.5) is 11.4 Å². The molecule has 2 aromatic rings. The van der Waals surface area contributed by atoms with E-state index in [1.165, 1.54) is 19.1 Å². The average Bonchev–Trinajstić information content (AvgIpc) is 2.71. The first-order chi connectivity index (χ1) is 9.70. The molecule has 0 spiro atoms. The molecule has 0 radical (unpaired) electrons. The molecule has 7 nitrogen and oxygen atoms in total. The second-order valence-corrected chi connectivity index (χ2v) is 7.76. The summed E-state index contributed by atoms with van der Waals surface area (Å²) in [5.41, 5.74) is -0.415. The predicted octanol–water partition coefficient (Wildman–Crippen LogP) is 3.47. The average molecular weight is 368 g/mol. The molecule has 0 bridgehead atoms. The lowest BCUT2D eigenvalue weighted by Gasteiger charge is -2.07. The molecule has 0 aliphatic carbocycles. The molecule has 0 unspecified atom stereocenters. The molecule has 1 aromatic carbocycles.